The van der Waals surface area contributed by atoms with Gasteiger partial charge in [0, 0.05) is 5.69 Å². The summed E-state index contributed by atoms with van der Waals surface area (Å²) in [5.41, 5.74) is 8.06. The molecule has 0 amide bonds. The number of hydrogen-bond donors (Lipinski definition) is 2. The van der Waals surface area contributed by atoms with Crippen molar-refractivity contribution in [2.24, 2.45) is 5.92 Å². The molecule has 0 aliphatic carbocycles. The Morgan fingerprint density at radius 2 is 2.19 bits per heavy atom. The Hall–Kier alpha value is -1.02. The minimum absolute atomic E-state index is 0.889. The lowest BCUT2D eigenvalue weighted by molar-refractivity contribution is 0.439. The lowest BCUT2D eigenvalue weighted by atomic mass is 9.93. The molecule has 1 aromatic rings. The lowest BCUT2D eigenvalue weighted by Gasteiger charge is -2.13. The van der Waals surface area contributed by atoms with Crippen LogP contribution in [0.3, 0.4) is 0 Å². The zero-order valence-corrected chi connectivity index (χ0v) is 9.91. The predicted molar refractivity (Wildman–Crippen MR) is 69.4 cm³/mol. The molecule has 2 rings (SSSR count). The molecule has 0 aromatic heterocycles. The molecule has 88 valence electrons. The van der Waals surface area contributed by atoms with Gasteiger partial charge in [-0.15, -0.1) is 0 Å². The Bertz CT molecular complexity index is 314. The maximum absolute atomic E-state index is 5.78. The highest BCUT2D eigenvalue weighted by Gasteiger charge is 2.11. The summed E-state index contributed by atoms with van der Waals surface area (Å²) in [6, 6.07) is 8.30. The van der Waals surface area contributed by atoms with Crippen molar-refractivity contribution >= 4 is 5.69 Å². The van der Waals surface area contributed by atoms with Crippen molar-refractivity contribution in [1.82, 2.24) is 5.32 Å². The molecule has 16 heavy (non-hydrogen) atoms. The first-order chi connectivity index (χ1) is 7.84. The van der Waals surface area contributed by atoms with Crippen LogP contribution in [-0.4, -0.2) is 13.1 Å². The zero-order valence-electron chi connectivity index (χ0n) is 9.91. The van der Waals surface area contributed by atoms with Crippen LogP contribution in [0.2, 0.25) is 0 Å². The fraction of sp³-hybridized carbons (Fsp3) is 0.571. The van der Waals surface area contributed by atoms with E-state index in [9.17, 15) is 0 Å². The van der Waals surface area contributed by atoms with Crippen LogP contribution in [0.5, 0.6) is 0 Å². The molecule has 0 bridgehead atoms. The molecule has 3 N–H and O–H groups in total. The van der Waals surface area contributed by atoms with Crippen LogP contribution in [0.4, 0.5) is 5.69 Å². The molecule has 1 unspecified atom stereocenters. The summed E-state index contributed by atoms with van der Waals surface area (Å²) in [4.78, 5) is 0. The van der Waals surface area contributed by atoms with Crippen LogP contribution in [0.25, 0.3) is 0 Å². The number of rotatable bonds is 3. The van der Waals surface area contributed by atoms with Crippen LogP contribution < -0.4 is 11.1 Å². The first-order valence-corrected chi connectivity index (χ1v) is 6.40. The molecule has 0 radical (unpaired) electrons. The van der Waals surface area contributed by atoms with Crippen molar-refractivity contribution in [3.05, 3.63) is 29.8 Å². The predicted octanol–water partition coefficient (Wildman–Crippen LogP) is 2.59. The number of aryl methyl sites for hydroxylation is 1. The van der Waals surface area contributed by atoms with E-state index in [4.69, 9.17) is 5.73 Å². The Morgan fingerprint density at radius 1 is 1.25 bits per heavy atom. The lowest BCUT2D eigenvalue weighted by Crippen LogP contribution is -2.14. The van der Waals surface area contributed by atoms with E-state index in [1.165, 1.54) is 50.8 Å². The number of nitrogens with two attached hydrogens (primary N) is 1. The molecule has 1 aliphatic rings. The van der Waals surface area contributed by atoms with Gasteiger partial charge >= 0.3 is 0 Å². The number of hydrogen-bond acceptors (Lipinski definition) is 2. The maximum Gasteiger partial charge on any atom is 0.0316 e. The van der Waals surface area contributed by atoms with Gasteiger partial charge in [0.15, 0.2) is 0 Å². The van der Waals surface area contributed by atoms with Crippen LogP contribution in [-0.2, 0) is 6.42 Å². The molecule has 1 heterocycles. The Balaban J connectivity index is 1.81. The summed E-state index contributed by atoms with van der Waals surface area (Å²) in [6.07, 6.45) is 6.54. The molecule has 0 spiro atoms. The van der Waals surface area contributed by atoms with Crippen molar-refractivity contribution in [3.8, 4) is 0 Å². The van der Waals surface area contributed by atoms with E-state index in [2.05, 4.69) is 23.5 Å². The van der Waals surface area contributed by atoms with Gasteiger partial charge in [-0.1, -0.05) is 12.1 Å². The van der Waals surface area contributed by atoms with Gasteiger partial charge in [-0.25, -0.2) is 0 Å². The minimum atomic E-state index is 0.889. The van der Waals surface area contributed by atoms with Gasteiger partial charge < -0.3 is 11.1 Å². The highest BCUT2D eigenvalue weighted by Crippen LogP contribution is 2.20. The molecule has 2 nitrogen and oxygen atoms in total. The van der Waals surface area contributed by atoms with Crippen molar-refractivity contribution in [2.75, 3.05) is 18.8 Å². The number of benzene rings is 1. The quantitative estimate of drug-likeness (QED) is 0.765. The molecule has 1 aromatic carbocycles. The minimum Gasteiger partial charge on any atom is -0.399 e. The number of anilines is 1. The Kier molecular flexibility index (Phi) is 4.23. The molecule has 1 fully saturated rings. The molecule has 0 saturated carbocycles. The van der Waals surface area contributed by atoms with Crippen molar-refractivity contribution in [1.29, 1.82) is 0 Å². The van der Waals surface area contributed by atoms with E-state index in [0.717, 1.165) is 11.6 Å². The highest BCUT2D eigenvalue weighted by molar-refractivity contribution is 5.40. The topological polar surface area (TPSA) is 38.0 Å². The van der Waals surface area contributed by atoms with E-state index in [0.29, 0.717) is 0 Å². The first kappa shape index (κ1) is 11.5. The SMILES string of the molecule is Nc1cccc(CCC2CCCNCC2)c1. The molecule has 2 heteroatoms. The molecular formula is C14H22N2. The summed E-state index contributed by atoms with van der Waals surface area (Å²) in [7, 11) is 0. The summed E-state index contributed by atoms with van der Waals surface area (Å²) in [6.45, 7) is 2.40. The van der Waals surface area contributed by atoms with E-state index in [1.807, 2.05) is 6.07 Å². The average molecular weight is 218 g/mol. The first-order valence-electron chi connectivity index (χ1n) is 6.40. The van der Waals surface area contributed by atoms with Gasteiger partial charge in [0.25, 0.3) is 0 Å². The second-order valence-electron chi connectivity index (χ2n) is 4.83. The van der Waals surface area contributed by atoms with Crippen LogP contribution in [0.15, 0.2) is 24.3 Å². The van der Waals surface area contributed by atoms with Crippen molar-refractivity contribution in [2.45, 2.75) is 32.1 Å². The Labute approximate surface area is 98.2 Å². The number of nitrogen functional groups attached to an aromatic ring is 1. The van der Waals surface area contributed by atoms with E-state index >= 15 is 0 Å². The number of nitrogens with one attached hydrogen (secondary N) is 1. The maximum atomic E-state index is 5.78. The van der Waals surface area contributed by atoms with Gasteiger partial charge in [-0.3, -0.25) is 0 Å². The van der Waals surface area contributed by atoms with E-state index in [1.54, 1.807) is 0 Å². The van der Waals surface area contributed by atoms with Crippen LogP contribution in [0, 0.1) is 5.92 Å². The van der Waals surface area contributed by atoms with Gasteiger partial charge in [0.2, 0.25) is 0 Å². The Morgan fingerprint density at radius 3 is 3.06 bits per heavy atom. The normalized spacial score (nSPS) is 21.6. The summed E-state index contributed by atoms with van der Waals surface area (Å²) in [5.74, 6) is 0.899. The third kappa shape index (κ3) is 3.53. The highest BCUT2D eigenvalue weighted by atomic mass is 14.8. The van der Waals surface area contributed by atoms with Crippen LogP contribution in [0.1, 0.15) is 31.2 Å². The van der Waals surface area contributed by atoms with Gasteiger partial charge in [-0.2, -0.15) is 0 Å². The van der Waals surface area contributed by atoms with Crippen molar-refractivity contribution < 1.29 is 0 Å². The smallest absolute Gasteiger partial charge is 0.0316 e. The molecule has 1 aliphatic heterocycles. The fourth-order valence-corrected chi connectivity index (χ4v) is 2.50. The molecule has 1 saturated heterocycles. The average Bonchev–Trinajstić information content (AvgIpc) is 2.55. The largest absolute Gasteiger partial charge is 0.399 e. The fourth-order valence-electron chi connectivity index (χ4n) is 2.50. The summed E-state index contributed by atoms with van der Waals surface area (Å²) >= 11 is 0. The molecular weight excluding hydrogens is 196 g/mol. The summed E-state index contributed by atoms with van der Waals surface area (Å²) in [5, 5.41) is 3.46. The van der Waals surface area contributed by atoms with Crippen LogP contribution >= 0.6 is 0 Å². The standard InChI is InChI=1S/C14H22N2/c15-14-5-1-3-13(11-14)7-6-12-4-2-9-16-10-8-12/h1,3,5,11-12,16H,2,4,6-10,15H2. The zero-order chi connectivity index (χ0) is 11.2. The second kappa shape index (κ2) is 5.90. The third-order valence-corrected chi connectivity index (χ3v) is 3.49. The van der Waals surface area contributed by atoms with Crippen molar-refractivity contribution in [3.63, 3.8) is 0 Å². The summed E-state index contributed by atoms with van der Waals surface area (Å²) < 4.78 is 0. The van der Waals surface area contributed by atoms with Gasteiger partial charge in [-0.05, 0) is 68.8 Å². The van der Waals surface area contributed by atoms with Gasteiger partial charge in [0.1, 0.15) is 0 Å². The molecule has 1 atom stereocenters. The van der Waals surface area contributed by atoms with Gasteiger partial charge in [0.05, 0.1) is 0 Å². The third-order valence-electron chi connectivity index (χ3n) is 3.49. The van der Waals surface area contributed by atoms with E-state index < -0.39 is 0 Å². The monoisotopic (exact) mass is 218 g/mol. The van der Waals surface area contributed by atoms with E-state index in [-0.39, 0.29) is 0 Å². The second-order valence-corrected chi connectivity index (χ2v) is 4.83.